The van der Waals surface area contributed by atoms with Gasteiger partial charge in [0.15, 0.2) is 0 Å². The summed E-state index contributed by atoms with van der Waals surface area (Å²) in [5.41, 5.74) is 1.14. The molecule has 0 radical (unpaired) electrons. The van der Waals surface area contributed by atoms with Crippen molar-refractivity contribution < 1.29 is 9.59 Å². The molecule has 2 fully saturated rings. The Hall–Kier alpha value is -1.32. The van der Waals surface area contributed by atoms with Crippen LogP contribution in [0.25, 0.3) is 0 Å². The van der Waals surface area contributed by atoms with Crippen LogP contribution >= 0.6 is 0 Å². The van der Waals surface area contributed by atoms with Crippen molar-refractivity contribution in [2.75, 3.05) is 6.54 Å². The van der Waals surface area contributed by atoms with Gasteiger partial charge in [-0.2, -0.15) is 0 Å². The van der Waals surface area contributed by atoms with Gasteiger partial charge in [0.1, 0.15) is 6.04 Å². The van der Waals surface area contributed by atoms with Gasteiger partial charge in [0, 0.05) is 12.6 Å². The van der Waals surface area contributed by atoms with Crippen LogP contribution in [0.2, 0.25) is 0 Å². The van der Waals surface area contributed by atoms with Crippen LogP contribution in [0.3, 0.4) is 0 Å². The number of allylic oxidation sites excluding steroid dienone is 1. The van der Waals surface area contributed by atoms with E-state index in [-0.39, 0.29) is 17.9 Å². The molecule has 2 N–H and O–H groups in total. The molecule has 0 unspecified atom stereocenters. The Balaban J connectivity index is 1.88. The van der Waals surface area contributed by atoms with Gasteiger partial charge in [-0.3, -0.25) is 9.59 Å². The second kappa shape index (κ2) is 5.34. The fourth-order valence-corrected chi connectivity index (χ4v) is 2.15. The highest BCUT2D eigenvalue weighted by Gasteiger charge is 2.25. The molecule has 0 spiro atoms. The van der Waals surface area contributed by atoms with E-state index in [4.69, 9.17) is 0 Å². The van der Waals surface area contributed by atoms with Crippen molar-refractivity contribution in [3.8, 4) is 0 Å². The van der Waals surface area contributed by atoms with Gasteiger partial charge in [0.25, 0.3) is 0 Å². The normalized spacial score (nSPS) is 26.1. The lowest BCUT2D eigenvalue weighted by atomic mass is 10.1. The predicted octanol–water partition coefficient (Wildman–Crippen LogP) is 1.13. The zero-order valence-corrected chi connectivity index (χ0v) is 10.3. The molecule has 1 atom stereocenters. The number of carbonyl (C=O) groups is 2. The largest absolute Gasteiger partial charge is 0.354 e. The molecule has 4 nitrogen and oxygen atoms in total. The van der Waals surface area contributed by atoms with Gasteiger partial charge < -0.3 is 10.6 Å². The molecule has 1 heterocycles. The van der Waals surface area contributed by atoms with E-state index in [0.717, 1.165) is 31.4 Å². The topological polar surface area (TPSA) is 58.2 Å². The Bertz CT molecular complexity index is 345. The Morgan fingerprint density at radius 3 is 2.82 bits per heavy atom. The van der Waals surface area contributed by atoms with E-state index in [1.807, 2.05) is 6.92 Å². The molecule has 2 amide bonds. The SMILES string of the molecule is C/C(=C/C(=O)N[C@@H]1CCCCNC1=O)C1CC1. The van der Waals surface area contributed by atoms with Crippen LogP contribution in [0.1, 0.15) is 39.0 Å². The molecule has 94 valence electrons. The molecule has 2 aliphatic rings. The van der Waals surface area contributed by atoms with Gasteiger partial charge in [-0.25, -0.2) is 0 Å². The molecular weight excluding hydrogens is 216 g/mol. The van der Waals surface area contributed by atoms with Crippen LogP contribution in [0, 0.1) is 5.92 Å². The molecule has 1 saturated carbocycles. The van der Waals surface area contributed by atoms with Crippen molar-refractivity contribution >= 4 is 11.8 Å². The third kappa shape index (κ3) is 3.58. The van der Waals surface area contributed by atoms with Gasteiger partial charge in [-0.15, -0.1) is 0 Å². The van der Waals surface area contributed by atoms with Gasteiger partial charge >= 0.3 is 0 Å². The average Bonchev–Trinajstić information content (AvgIpc) is 3.08. The summed E-state index contributed by atoms with van der Waals surface area (Å²) in [5.74, 6) is 0.425. The monoisotopic (exact) mass is 236 g/mol. The summed E-state index contributed by atoms with van der Waals surface area (Å²) in [5, 5.41) is 5.61. The van der Waals surface area contributed by atoms with Crippen LogP contribution in [0.5, 0.6) is 0 Å². The fraction of sp³-hybridized carbons (Fsp3) is 0.692. The summed E-state index contributed by atoms with van der Waals surface area (Å²) in [6.07, 6.45) is 6.76. The van der Waals surface area contributed by atoms with Crippen molar-refractivity contribution in [2.24, 2.45) is 5.92 Å². The predicted molar refractivity (Wildman–Crippen MR) is 65.3 cm³/mol. The summed E-state index contributed by atoms with van der Waals surface area (Å²) >= 11 is 0. The van der Waals surface area contributed by atoms with Crippen molar-refractivity contribution in [1.29, 1.82) is 0 Å². The van der Waals surface area contributed by atoms with E-state index in [0.29, 0.717) is 5.92 Å². The maximum atomic E-state index is 11.7. The highest BCUT2D eigenvalue weighted by atomic mass is 16.2. The van der Waals surface area contributed by atoms with Crippen LogP contribution < -0.4 is 10.6 Å². The molecule has 1 saturated heterocycles. The van der Waals surface area contributed by atoms with E-state index < -0.39 is 0 Å². The third-order valence-electron chi connectivity index (χ3n) is 3.43. The van der Waals surface area contributed by atoms with Crippen LogP contribution in [-0.2, 0) is 9.59 Å². The molecule has 1 aliphatic carbocycles. The summed E-state index contributed by atoms with van der Waals surface area (Å²) in [6, 6.07) is -0.353. The molecule has 0 aromatic heterocycles. The lowest BCUT2D eigenvalue weighted by Crippen LogP contribution is -2.45. The van der Waals surface area contributed by atoms with Crippen LogP contribution in [0.4, 0.5) is 0 Å². The highest BCUT2D eigenvalue weighted by molar-refractivity contribution is 5.93. The number of nitrogens with one attached hydrogen (secondary N) is 2. The van der Waals surface area contributed by atoms with E-state index in [1.54, 1.807) is 6.08 Å². The zero-order chi connectivity index (χ0) is 12.3. The molecular formula is C13H20N2O2. The second-order valence-corrected chi connectivity index (χ2v) is 5.01. The van der Waals surface area contributed by atoms with E-state index in [2.05, 4.69) is 10.6 Å². The van der Waals surface area contributed by atoms with Gasteiger partial charge in [0.05, 0.1) is 0 Å². The fourth-order valence-electron chi connectivity index (χ4n) is 2.15. The number of hydrogen-bond donors (Lipinski definition) is 2. The van der Waals surface area contributed by atoms with E-state index in [9.17, 15) is 9.59 Å². The molecule has 17 heavy (non-hydrogen) atoms. The number of carbonyl (C=O) groups excluding carboxylic acids is 2. The molecule has 1 aliphatic heterocycles. The van der Waals surface area contributed by atoms with E-state index in [1.165, 1.54) is 12.8 Å². The van der Waals surface area contributed by atoms with Gasteiger partial charge in [-0.05, 0) is 44.9 Å². The maximum Gasteiger partial charge on any atom is 0.244 e. The smallest absolute Gasteiger partial charge is 0.244 e. The van der Waals surface area contributed by atoms with Crippen molar-refractivity contribution in [3.05, 3.63) is 11.6 Å². The lowest BCUT2D eigenvalue weighted by molar-refractivity contribution is -0.126. The second-order valence-electron chi connectivity index (χ2n) is 5.01. The first kappa shape index (κ1) is 12.1. The maximum absolute atomic E-state index is 11.7. The first-order valence-electron chi connectivity index (χ1n) is 6.43. The Kier molecular flexibility index (Phi) is 3.82. The van der Waals surface area contributed by atoms with Crippen molar-refractivity contribution in [2.45, 2.75) is 45.1 Å². The first-order valence-corrected chi connectivity index (χ1v) is 6.43. The average molecular weight is 236 g/mol. The molecule has 0 aromatic rings. The zero-order valence-electron chi connectivity index (χ0n) is 10.3. The van der Waals surface area contributed by atoms with Crippen LogP contribution in [0.15, 0.2) is 11.6 Å². The first-order chi connectivity index (χ1) is 8.16. The number of rotatable bonds is 3. The van der Waals surface area contributed by atoms with Crippen LogP contribution in [-0.4, -0.2) is 24.4 Å². The quantitative estimate of drug-likeness (QED) is 0.722. The summed E-state index contributed by atoms with van der Waals surface area (Å²) in [6.45, 7) is 2.71. The third-order valence-corrected chi connectivity index (χ3v) is 3.43. The molecule has 4 heteroatoms. The Morgan fingerprint density at radius 2 is 2.12 bits per heavy atom. The molecule has 0 bridgehead atoms. The standard InChI is InChI=1S/C13H20N2O2/c1-9(10-5-6-10)8-12(16)15-11-4-2-3-7-14-13(11)17/h8,10-11H,2-7H2,1H3,(H,14,17)(H,15,16)/b9-8-/t11-/m1/s1. The minimum atomic E-state index is -0.353. The number of hydrogen-bond acceptors (Lipinski definition) is 2. The summed E-state index contributed by atoms with van der Waals surface area (Å²) in [7, 11) is 0. The minimum absolute atomic E-state index is 0.0478. The lowest BCUT2D eigenvalue weighted by Gasteiger charge is -2.14. The van der Waals surface area contributed by atoms with E-state index >= 15 is 0 Å². The minimum Gasteiger partial charge on any atom is -0.354 e. The summed E-state index contributed by atoms with van der Waals surface area (Å²) in [4.78, 5) is 23.4. The Morgan fingerprint density at radius 1 is 1.35 bits per heavy atom. The molecule has 0 aromatic carbocycles. The Labute approximate surface area is 102 Å². The summed E-state index contributed by atoms with van der Waals surface area (Å²) < 4.78 is 0. The highest BCUT2D eigenvalue weighted by Crippen LogP contribution is 2.35. The number of amides is 2. The van der Waals surface area contributed by atoms with Crippen molar-refractivity contribution in [3.63, 3.8) is 0 Å². The van der Waals surface area contributed by atoms with Crippen molar-refractivity contribution in [1.82, 2.24) is 10.6 Å². The van der Waals surface area contributed by atoms with Gasteiger partial charge in [0.2, 0.25) is 11.8 Å². The molecule has 2 rings (SSSR count). The van der Waals surface area contributed by atoms with Gasteiger partial charge in [-0.1, -0.05) is 5.57 Å².